The van der Waals surface area contributed by atoms with E-state index in [1.165, 1.54) is 0 Å². The lowest BCUT2D eigenvalue weighted by atomic mass is 10.2. The summed E-state index contributed by atoms with van der Waals surface area (Å²) >= 11 is 0. The zero-order valence-electron chi connectivity index (χ0n) is 9.39. The van der Waals surface area contributed by atoms with Crippen LogP contribution < -0.4 is 5.32 Å². The Hall–Kier alpha value is -0.880. The van der Waals surface area contributed by atoms with E-state index in [4.69, 9.17) is 0 Å². The highest BCUT2D eigenvalue weighted by Crippen LogP contribution is 2.22. The van der Waals surface area contributed by atoms with Crippen LogP contribution in [-0.4, -0.2) is 36.8 Å². The summed E-state index contributed by atoms with van der Waals surface area (Å²) in [6.07, 6.45) is 5.37. The standard InChI is InChI=1S/C10H17N3O2S/c1-11-5-9-6-12-13(7-9)10-3-2-4-16(14,15)8-10/h6-7,10-11H,2-5,8H2,1H3. The van der Waals surface area contributed by atoms with Crippen molar-refractivity contribution >= 4 is 9.84 Å². The first-order chi connectivity index (χ1) is 7.61. The molecule has 1 saturated heterocycles. The van der Waals surface area contributed by atoms with E-state index in [-0.39, 0.29) is 11.8 Å². The van der Waals surface area contributed by atoms with Crippen molar-refractivity contribution in [1.82, 2.24) is 15.1 Å². The van der Waals surface area contributed by atoms with Crippen LogP contribution >= 0.6 is 0 Å². The third-order valence-corrected chi connectivity index (χ3v) is 4.65. The van der Waals surface area contributed by atoms with Crippen LogP contribution in [0.1, 0.15) is 24.4 Å². The fourth-order valence-corrected chi connectivity index (χ4v) is 3.76. The SMILES string of the molecule is CNCc1cnn(C2CCCS(=O)(=O)C2)c1. The molecule has 1 aromatic heterocycles. The number of aromatic nitrogens is 2. The van der Waals surface area contributed by atoms with Crippen LogP contribution in [0.4, 0.5) is 0 Å². The molecule has 0 saturated carbocycles. The van der Waals surface area contributed by atoms with Crippen molar-refractivity contribution in [2.75, 3.05) is 18.6 Å². The lowest BCUT2D eigenvalue weighted by Gasteiger charge is -2.22. The monoisotopic (exact) mass is 243 g/mol. The van der Waals surface area contributed by atoms with Gasteiger partial charge in [-0.1, -0.05) is 0 Å². The van der Waals surface area contributed by atoms with Crippen molar-refractivity contribution in [2.45, 2.75) is 25.4 Å². The quantitative estimate of drug-likeness (QED) is 0.832. The minimum absolute atomic E-state index is 0.0179. The van der Waals surface area contributed by atoms with E-state index in [1.807, 2.05) is 13.2 Å². The number of hydrogen-bond donors (Lipinski definition) is 1. The van der Waals surface area contributed by atoms with E-state index in [2.05, 4.69) is 10.4 Å². The molecule has 0 aliphatic carbocycles. The Morgan fingerprint density at radius 1 is 1.62 bits per heavy atom. The molecule has 6 heteroatoms. The number of nitrogens with one attached hydrogen (secondary N) is 1. The summed E-state index contributed by atoms with van der Waals surface area (Å²) in [5.41, 5.74) is 1.09. The summed E-state index contributed by atoms with van der Waals surface area (Å²) in [6.45, 7) is 0.763. The molecule has 1 unspecified atom stereocenters. The molecule has 0 aromatic carbocycles. The van der Waals surface area contributed by atoms with Gasteiger partial charge in [0.25, 0.3) is 0 Å². The van der Waals surface area contributed by atoms with Crippen LogP contribution in [-0.2, 0) is 16.4 Å². The number of hydrogen-bond acceptors (Lipinski definition) is 4. The zero-order chi connectivity index (χ0) is 11.6. The van der Waals surface area contributed by atoms with Crippen molar-refractivity contribution in [3.05, 3.63) is 18.0 Å². The maximum absolute atomic E-state index is 11.5. The summed E-state index contributed by atoms with van der Waals surface area (Å²) in [4.78, 5) is 0. The topological polar surface area (TPSA) is 64.0 Å². The van der Waals surface area contributed by atoms with E-state index >= 15 is 0 Å². The van der Waals surface area contributed by atoms with Crippen molar-refractivity contribution in [2.24, 2.45) is 0 Å². The number of nitrogens with zero attached hydrogens (tertiary/aromatic N) is 2. The van der Waals surface area contributed by atoms with E-state index in [0.717, 1.165) is 24.9 Å². The van der Waals surface area contributed by atoms with Crippen LogP contribution in [0.3, 0.4) is 0 Å². The summed E-state index contributed by atoms with van der Waals surface area (Å²) in [7, 11) is -0.982. The molecule has 0 spiro atoms. The minimum Gasteiger partial charge on any atom is -0.316 e. The molecule has 1 aliphatic heterocycles. The van der Waals surface area contributed by atoms with Gasteiger partial charge >= 0.3 is 0 Å². The van der Waals surface area contributed by atoms with Gasteiger partial charge in [0.2, 0.25) is 0 Å². The van der Waals surface area contributed by atoms with Gasteiger partial charge in [-0.3, -0.25) is 4.68 Å². The molecule has 0 amide bonds. The van der Waals surface area contributed by atoms with Gasteiger partial charge in [0.05, 0.1) is 23.7 Å². The van der Waals surface area contributed by atoms with Crippen molar-refractivity contribution in [3.8, 4) is 0 Å². The summed E-state index contributed by atoms with van der Waals surface area (Å²) in [6, 6.07) is 0.0179. The smallest absolute Gasteiger partial charge is 0.152 e. The van der Waals surface area contributed by atoms with Crippen LogP contribution in [0.25, 0.3) is 0 Å². The first-order valence-corrected chi connectivity index (χ1v) is 7.31. The van der Waals surface area contributed by atoms with E-state index in [9.17, 15) is 8.42 Å². The molecule has 1 atom stereocenters. The minimum atomic E-state index is -2.86. The maximum Gasteiger partial charge on any atom is 0.152 e. The zero-order valence-corrected chi connectivity index (χ0v) is 10.2. The Kier molecular flexibility index (Phi) is 3.30. The van der Waals surface area contributed by atoms with Gasteiger partial charge in [0, 0.05) is 18.3 Å². The van der Waals surface area contributed by atoms with Gasteiger partial charge in [-0.2, -0.15) is 5.10 Å². The molecule has 5 nitrogen and oxygen atoms in total. The average Bonchev–Trinajstić information content (AvgIpc) is 2.65. The number of sulfone groups is 1. The molecule has 2 heterocycles. The van der Waals surface area contributed by atoms with E-state index in [1.54, 1.807) is 10.9 Å². The molecular formula is C10H17N3O2S. The average molecular weight is 243 g/mol. The molecule has 0 radical (unpaired) electrons. The van der Waals surface area contributed by atoms with Gasteiger partial charge in [0.15, 0.2) is 9.84 Å². The second kappa shape index (κ2) is 4.55. The molecular weight excluding hydrogens is 226 g/mol. The third-order valence-electron chi connectivity index (χ3n) is 2.85. The molecule has 1 N–H and O–H groups in total. The molecule has 16 heavy (non-hydrogen) atoms. The van der Waals surface area contributed by atoms with E-state index < -0.39 is 9.84 Å². The second-order valence-electron chi connectivity index (χ2n) is 4.27. The normalized spacial score (nSPS) is 24.4. The predicted molar refractivity (Wildman–Crippen MR) is 61.9 cm³/mol. The molecule has 1 aliphatic rings. The first-order valence-electron chi connectivity index (χ1n) is 5.49. The fraction of sp³-hybridized carbons (Fsp3) is 0.700. The largest absolute Gasteiger partial charge is 0.316 e. The van der Waals surface area contributed by atoms with Crippen LogP contribution in [0.5, 0.6) is 0 Å². The Bertz CT molecular complexity index is 452. The molecule has 1 aromatic rings. The van der Waals surface area contributed by atoms with Gasteiger partial charge in [-0.15, -0.1) is 0 Å². The molecule has 1 fully saturated rings. The highest BCUT2D eigenvalue weighted by Gasteiger charge is 2.26. The van der Waals surface area contributed by atoms with Gasteiger partial charge < -0.3 is 5.32 Å². The summed E-state index contributed by atoms with van der Waals surface area (Å²) in [5, 5.41) is 7.28. The van der Waals surface area contributed by atoms with Crippen LogP contribution in [0.15, 0.2) is 12.4 Å². The van der Waals surface area contributed by atoms with E-state index in [0.29, 0.717) is 5.75 Å². The Morgan fingerprint density at radius 2 is 2.44 bits per heavy atom. The lowest BCUT2D eigenvalue weighted by Crippen LogP contribution is -2.27. The lowest BCUT2D eigenvalue weighted by molar-refractivity contribution is 0.434. The summed E-state index contributed by atoms with van der Waals surface area (Å²) in [5.74, 6) is 0.557. The maximum atomic E-state index is 11.5. The highest BCUT2D eigenvalue weighted by atomic mass is 32.2. The molecule has 0 bridgehead atoms. The molecule has 90 valence electrons. The van der Waals surface area contributed by atoms with Gasteiger partial charge in [0.1, 0.15) is 0 Å². The Morgan fingerprint density at radius 3 is 3.12 bits per heavy atom. The first kappa shape index (κ1) is 11.6. The van der Waals surface area contributed by atoms with Crippen molar-refractivity contribution in [1.29, 1.82) is 0 Å². The molecule has 2 rings (SSSR count). The second-order valence-corrected chi connectivity index (χ2v) is 6.50. The van der Waals surface area contributed by atoms with Gasteiger partial charge in [-0.05, 0) is 19.9 Å². The number of rotatable bonds is 3. The van der Waals surface area contributed by atoms with Crippen molar-refractivity contribution < 1.29 is 8.42 Å². The predicted octanol–water partition coefficient (Wildman–Crippen LogP) is 0.352. The van der Waals surface area contributed by atoms with Crippen LogP contribution in [0.2, 0.25) is 0 Å². The summed E-state index contributed by atoms with van der Waals surface area (Å²) < 4.78 is 24.8. The highest BCUT2D eigenvalue weighted by molar-refractivity contribution is 7.91. The Balaban J connectivity index is 2.11. The van der Waals surface area contributed by atoms with Gasteiger partial charge in [-0.25, -0.2) is 8.42 Å². The third kappa shape index (κ3) is 2.62. The Labute approximate surface area is 95.8 Å². The van der Waals surface area contributed by atoms with Crippen LogP contribution in [0, 0.1) is 0 Å². The van der Waals surface area contributed by atoms with Crippen molar-refractivity contribution in [3.63, 3.8) is 0 Å². The fourth-order valence-electron chi connectivity index (χ4n) is 2.08.